The van der Waals surface area contributed by atoms with E-state index in [4.69, 9.17) is 0 Å². The molecule has 11 heavy (non-hydrogen) atoms. The minimum atomic E-state index is 0.817. The summed E-state index contributed by atoms with van der Waals surface area (Å²) >= 11 is 0. The summed E-state index contributed by atoms with van der Waals surface area (Å²) in [6.45, 7) is 8.22. The van der Waals surface area contributed by atoms with Crippen molar-refractivity contribution in [1.29, 1.82) is 0 Å². The Kier molecular flexibility index (Phi) is 3.38. The van der Waals surface area contributed by atoms with Crippen LogP contribution in [0.5, 0.6) is 0 Å². The van der Waals surface area contributed by atoms with E-state index in [0.717, 1.165) is 17.9 Å². The van der Waals surface area contributed by atoms with Crippen LogP contribution in [0.25, 0.3) is 0 Å². The minimum absolute atomic E-state index is 0.817. The van der Waals surface area contributed by atoms with Crippen LogP contribution in [-0.2, 0) is 0 Å². The highest BCUT2D eigenvalue weighted by atomic mass is 14.9. The molecule has 1 aliphatic heterocycles. The fraction of sp³-hybridized carbons (Fsp3) is 1.00. The Labute approximate surface area is 70.6 Å². The van der Waals surface area contributed by atoms with Crippen molar-refractivity contribution in [3.8, 4) is 0 Å². The summed E-state index contributed by atoms with van der Waals surface area (Å²) in [5, 5.41) is 3.56. The second kappa shape index (κ2) is 4.10. The molecule has 0 saturated carbocycles. The molecule has 1 nitrogen and oxygen atoms in total. The smallest absolute Gasteiger partial charge is 0.00932 e. The van der Waals surface area contributed by atoms with Crippen LogP contribution in [0.15, 0.2) is 0 Å². The third-order valence-electron chi connectivity index (χ3n) is 2.75. The van der Waals surface area contributed by atoms with E-state index in [1.54, 1.807) is 0 Å². The predicted octanol–water partition coefficient (Wildman–Crippen LogP) is 2.42. The summed E-state index contributed by atoms with van der Waals surface area (Å²) < 4.78 is 0. The molecule has 1 saturated heterocycles. The van der Waals surface area contributed by atoms with Crippen LogP contribution in [0.2, 0.25) is 0 Å². The number of nitrogens with one attached hydrogen (secondary N) is 1. The lowest BCUT2D eigenvalue weighted by Crippen LogP contribution is -2.25. The maximum absolute atomic E-state index is 3.56. The SMILES string of the molecule is CC(C)CCC1NCCC1C. The molecule has 1 fully saturated rings. The summed E-state index contributed by atoms with van der Waals surface area (Å²) in [6.07, 6.45) is 4.13. The van der Waals surface area contributed by atoms with Crippen LogP contribution in [-0.4, -0.2) is 12.6 Å². The fourth-order valence-corrected chi connectivity index (χ4v) is 1.80. The molecular weight excluding hydrogens is 134 g/mol. The van der Waals surface area contributed by atoms with Gasteiger partial charge in [0.25, 0.3) is 0 Å². The Morgan fingerprint density at radius 1 is 1.45 bits per heavy atom. The Morgan fingerprint density at radius 3 is 2.64 bits per heavy atom. The quantitative estimate of drug-likeness (QED) is 0.660. The van der Waals surface area contributed by atoms with Crippen molar-refractivity contribution < 1.29 is 0 Å². The van der Waals surface area contributed by atoms with Gasteiger partial charge in [0.15, 0.2) is 0 Å². The Balaban J connectivity index is 2.15. The molecule has 1 aliphatic rings. The van der Waals surface area contributed by atoms with Gasteiger partial charge in [-0.3, -0.25) is 0 Å². The summed E-state index contributed by atoms with van der Waals surface area (Å²) in [7, 11) is 0. The van der Waals surface area contributed by atoms with E-state index in [2.05, 4.69) is 26.1 Å². The summed E-state index contributed by atoms with van der Waals surface area (Å²) in [6, 6.07) is 0.817. The standard InChI is InChI=1S/C10H21N/c1-8(2)4-5-10-9(3)6-7-11-10/h8-11H,4-7H2,1-3H3. The van der Waals surface area contributed by atoms with Crippen LogP contribution in [0.1, 0.15) is 40.0 Å². The maximum atomic E-state index is 3.56. The van der Waals surface area contributed by atoms with E-state index in [0.29, 0.717) is 0 Å². The molecule has 0 amide bonds. The van der Waals surface area contributed by atoms with Gasteiger partial charge in [0, 0.05) is 6.04 Å². The molecule has 0 radical (unpaired) electrons. The third kappa shape index (κ3) is 2.82. The predicted molar refractivity (Wildman–Crippen MR) is 49.6 cm³/mol. The van der Waals surface area contributed by atoms with Crippen molar-refractivity contribution >= 4 is 0 Å². The number of rotatable bonds is 3. The minimum Gasteiger partial charge on any atom is -0.314 e. The van der Waals surface area contributed by atoms with E-state index >= 15 is 0 Å². The van der Waals surface area contributed by atoms with Gasteiger partial charge in [-0.1, -0.05) is 20.8 Å². The zero-order valence-electron chi connectivity index (χ0n) is 8.06. The Morgan fingerprint density at radius 2 is 2.18 bits per heavy atom. The Bertz CT molecular complexity index is 109. The van der Waals surface area contributed by atoms with Gasteiger partial charge in [-0.15, -0.1) is 0 Å². The molecule has 0 spiro atoms. The van der Waals surface area contributed by atoms with Crippen molar-refractivity contribution in [2.45, 2.75) is 46.1 Å². The van der Waals surface area contributed by atoms with E-state index in [1.165, 1.54) is 25.8 Å². The van der Waals surface area contributed by atoms with Crippen LogP contribution >= 0.6 is 0 Å². The normalized spacial score (nSPS) is 31.6. The van der Waals surface area contributed by atoms with Crippen molar-refractivity contribution in [2.24, 2.45) is 11.8 Å². The van der Waals surface area contributed by atoms with Crippen LogP contribution in [0.4, 0.5) is 0 Å². The second-order valence-corrected chi connectivity index (χ2v) is 4.30. The first-order valence-electron chi connectivity index (χ1n) is 4.93. The van der Waals surface area contributed by atoms with Gasteiger partial charge in [-0.05, 0) is 37.6 Å². The summed E-state index contributed by atoms with van der Waals surface area (Å²) in [4.78, 5) is 0. The molecule has 0 aromatic carbocycles. The largest absolute Gasteiger partial charge is 0.314 e. The Hall–Kier alpha value is -0.0400. The van der Waals surface area contributed by atoms with Gasteiger partial charge in [0.1, 0.15) is 0 Å². The lowest BCUT2D eigenvalue weighted by atomic mass is 9.96. The van der Waals surface area contributed by atoms with Gasteiger partial charge < -0.3 is 5.32 Å². The first kappa shape index (κ1) is 9.05. The van der Waals surface area contributed by atoms with E-state index < -0.39 is 0 Å². The number of hydrogen-bond donors (Lipinski definition) is 1. The monoisotopic (exact) mass is 155 g/mol. The molecule has 66 valence electrons. The molecular formula is C10H21N. The molecule has 2 atom stereocenters. The second-order valence-electron chi connectivity index (χ2n) is 4.30. The van der Waals surface area contributed by atoms with Crippen molar-refractivity contribution in [1.82, 2.24) is 5.32 Å². The molecule has 1 N–H and O–H groups in total. The van der Waals surface area contributed by atoms with Crippen LogP contribution in [0.3, 0.4) is 0 Å². The van der Waals surface area contributed by atoms with Gasteiger partial charge in [-0.25, -0.2) is 0 Å². The highest BCUT2D eigenvalue weighted by molar-refractivity contribution is 4.80. The zero-order chi connectivity index (χ0) is 8.27. The van der Waals surface area contributed by atoms with Gasteiger partial charge >= 0.3 is 0 Å². The van der Waals surface area contributed by atoms with Crippen molar-refractivity contribution in [3.05, 3.63) is 0 Å². The van der Waals surface area contributed by atoms with Crippen molar-refractivity contribution in [3.63, 3.8) is 0 Å². The summed E-state index contributed by atoms with van der Waals surface area (Å²) in [5.74, 6) is 1.78. The molecule has 1 heterocycles. The molecule has 0 aromatic heterocycles. The first-order valence-corrected chi connectivity index (χ1v) is 4.93. The highest BCUT2D eigenvalue weighted by Gasteiger charge is 2.21. The van der Waals surface area contributed by atoms with Gasteiger partial charge in [-0.2, -0.15) is 0 Å². The van der Waals surface area contributed by atoms with E-state index in [9.17, 15) is 0 Å². The fourth-order valence-electron chi connectivity index (χ4n) is 1.80. The van der Waals surface area contributed by atoms with Crippen LogP contribution < -0.4 is 5.32 Å². The number of hydrogen-bond acceptors (Lipinski definition) is 1. The average Bonchev–Trinajstić information content (AvgIpc) is 2.31. The zero-order valence-corrected chi connectivity index (χ0v) is 8.06. The lowest BCUT2D eigenvalue weighted by molar-refractivity contribution is 0.409. The topological polar surface area (TPSA) is 12.0 Å². The summed E-state index contributed by atoms with van der Waals surface area (Å²) in [5.41, 5.74) is 0. The molecule has 0 bridgehead atoms. The van der Waals surface area contributed by atoms with E-state index in [-0.39, 0.29) is 0 Å². The van der Waals surface area contributed by atoms with Gasteiger partial charge in [0.2, 0.25) is 0 Å². The molecule has 2 unspecified atom stereocenters. The lowest BCUT2D eigenvalue weighted by Gasteiger charge is -2.16. The third-order valence-corrected chi connectivity index (χ3v) is 2.75. The molecule has 0 aromatic rings. The van der Waals surface area contributed by atoms with E-state index in [1.807, 2.05) is 0 Å². The van der Waals surface area contributed by atoms with Crippen LogP contribution in [0, 0.1) is 11.8 Å². The van der Waals surface area contributed by atoms with Crippen molar-refractivity contribution in [2.75, 3.05) is 6.54 Å². The molecule has 0 aliphatic carbocycles. The maximum Gasteiger partial charge on any atom is 0.00932 e. The molecule has 1 heteroatoms. The first-order chi connectivity index (χ1) is 5.20. The average molecular weight is 155 g/mol. The molecule has 1 rings (SSSR count). The highest BCUT2D eigenvalue weighted by Crippen LogP contribution is 2.20. The van der Waals surface area contributed by atoms with Gasteiger partial charge in [0.05, 0.1) is 0 Å².